The molecule has 1 amide bonds. The van der Waals surface area contributed by atoms with Crippen LogP contribution in [0.1, 0.15) is 39.0 Å². The Bertz CT molecular complexity index is 377. The lowest BCUT2D eigenvalue weighted by Crippen LogP contribution is -2.56. The highest BCUT2D eigenvalue weighted by atomic mass is 19.4. The third kappa shape index (κ3) is 4.01. The van der Waals surface area contributed by atoms with Gasteiger partial charge in [0.1, 0.15) is 5.41 Å². The van der Waals surface area contributed by atoms with E-state index in [4.69, 9.17) is 10.9 Å². The molecular formula is C12H20F3N3O2. The number of nitrogens with one attached hydrogen (secondary N) is 1. The number of hydrogen-bond donors (Lipinski definition) is 3. The van der Waals surface area contributed by atoms with Crippen molar-refractivity contribution < 1.29 is 23.2 Å². The normalized spacial score (nSPS) is 27.0. The second-order valence-electron chi connectivity index (χ2n) is 5.41. The summed E-state index contributed by atoms with van der Waals surface area (Å²) < 4.78 is 35.8. The molecule has 0 unspecified atom stereocenters. The Morgan fingerprint density at radius 1 is 1.45 bits per heavy atom. The lowest BCUT2D eigenvalue weighted by atomic mass is 9.61. The van der Waals surface area contributed by atoms with Crippen molar-refractivity contribution in [3.8, 4) is 0 Å². The highest BCUT2D eigenvalue weighted by Gasteiger charge is 2.51. The molecule has 1 rings (SSSR count). The van der Waals surface area contributed by atoms with Gasteiger partial charge in [-0.1, -0.05) is 12.1 Å². The SMILES string of the molecule is CC1CC(C(=O)NCCCCC(F)(F)F)(C(N)=NO)C1. The molecule has 0 radical (unpaired) electrons. The number of oxime groups is 1. The standard InChI is InChI=1S/C12H20F3N3O2/c1-8-6-11(7-8,9(16)18-20)10(19)17-5-3-2-4-12(13,14)15/h8,20H,2-7H2,1H3,(H2,16,18)(H,17,19). The van der Waals surface area contributed by atoms with Crippen molar-refractivity contribution >= 4 is 11.7 Å². The highest BCUT2D eigenvalue weighted by Crippen LogP contribution is 2.45. The summed E-state index contributed by atoms with van der Waals surface area (Å²) in [5.41, 5.74) is 4.55. The molecule has 0 aromatic carbocycles. The van der Waals surface area contributed by atoms with Crippen LogP contribution in [0.3, 0.4) is 0 Å². The Kier molecular flexibility index (Phi) is 5.24. The zero-order valence-electron chi connectivity index (χ0n) is 11.3. The maximum Gasteiger partial charge on any atom is 0.389 e. The van der Waals surface area contributed by atoms with Crippen LogP contribution in [0.15, 0.2) is 5.16 Å². The zero-order chi connectivity index (χ0) is 15.4. The molecule has 0 atom stereocenters. The van der Waals surface area contributed by atoms with Crippen LogP contribution in [0.25, 0.3) is 0 Å². The molecule has 8 heteroatoms. The first kappa shape index (κ1) is 16.6. The van der Waals surface area contributed by atoms with E-state index in [9.17, 15) is 18.0 Å². The molecule has 5 nitrogen and oxygen atoms in total. The van der Waals surface area contributed by atoms with Gasteiger partial charge in [-0.15, -0.1) is 0 Å². The number of nitrogens with two attached hydrogens (primary N) is 1. The first-order valence-corrected chi connectivity index (χ1v) is 6.54. The topological polar surface area (TPSA) is 87.7 Å². The molecule has 1 aliphatic carbocycles. The number of rotatable bonds is 6. The number of hydrogen-bond acceptors (Lipinski definition) is 3. The van der Waals surface area contributed by atoms with E-state index in [2.05, 4.69) is 10.5 Å². The molecular weight excluding hydrogens is 275 g/mol. The average molecular weight is 295 g/mol. The van der Waals surface area contributed by atoms with Gasteiger partial charge in [-0.25, -0.2) is 0 Å². The van der Waals surface area contributed by atoms with E-state index in [1.54, 1.807) is 0 Å². The van der Waals surface area contributed by atoms with Crippen LogP contribution in [0, 0.1) is 11.3 Å². The summed E-state index contributed by atoms with van der Waals surface area (Å²) in [5.74, 6) is -0.215. The van der Waals surface area contributed by atoms with E-state index in [1.807, 2.05) is 6.92 Å². The third-order valence-electron chi connectivity index (χ3n) is 3.60. The fraction of sp³-hybridized carbons (Fsp3) is 0.833. The van der Waals surface area contributed by atoms with Gasteiger partial charge in [0.05, 0.1) is 0 Å². The molecule has 116 valence electrons. The third-order valence-corrected chi connectivity index (χ3v) is 3.60. The van der Waals surface area contributed by atoms with Crippen molar-refractivity contribution in [3.05, 3.63) is 0 Å². The predicted octanol–water partition coefficient (Wildman–Crippen LogP) is 2.00. The van der Waals surface area contributed by atoms with Gasteiger partial charge < -0.3 is 16.3 Å². The lowest BCUT2D eigenvalue weighted by Gasteiger charge is -2.43. The summed E-state index contributed by atoms with van der Waals surface area (Å²) in [6, 6.07) is 0. The van der Waals surface area contributed by atoms with E-state index in [0.717, 1.165) is 0 Å². The van der Waals surface area contributed by atoms with E-state index >= 15 is 0 Å². The smallest absolute Gasteiger partial charge is 0.389 e. The Balaban J connectivity index is 2.38. The van der Waals surface area contributed by atoms with Gasteiger partial charge in [-0.05, 0) is 31.6 Å². The Hall–Kier alpha value is -1.47. The fourth-order valence-corrected chi connectivity index (χ4v) is 2.56. The van der Waals surface area contributed by atoms with E-state index < -0.39 is 18.0 Å². The largest absolute Gasteiger partial charge is 0.409 e. The fourth-order valence-electron chi connectivity index (χ4n) is 2.56. The summed E-state index contributed by atoms with van der Waals surface area (Å²) in [7, 11) is 0. The predicted molar refractivity (Wildman–Crippen MR) is 67.2 cm³/mol. The minimum atomic E-state index is -4.16. The molecule has 1 aliphatic rings. The molecule has 0 spiro atoms. The van der Waals surface area contributed by atoms with Gasteiger partial charge in [0.25, 0.3) is 0 Å². The summed E-state index contributed by atoms with van der Waals surface area (Å²) in [6.45, 7) is 2.10. The number of nitrogens with zero attached hydrogens (tertiary/aromatic N) is 1. The van der Waals surface area contributed by atoms with Crippen molar-refractivity contribution in [1.29, 1.82) is 0 Å². The van der Waals surface area contributed by atoms with Gasteiger partial charge in [0.2, 0.25) is 5.91 Å². The maximum absolute atomic E-state index is 12.0. The number of halogens is 3. The van der Waals surface area contributed by atoms with E-state index in [-0.39, 0.29) is 31.1 Å². The molecule has 4 N–H and O–H groups in total. The number of amides is 1. The van der Waals surface area contributed by atoms with Crippen LogP contribution in [0.2, 0.25) is 0 Å². The summed E-state index contributed by atoms with van der Waals surface area (Å²) in [5, 5.41) is 14.2. The van der Waals surface area contributed by atoms with Crippen molar-refractivity contribution in [2.75, 3.05) is 6.54 Å². The second-order valence-corrected chi connectivity index (χ2v) is 5.41. The molecule has 0 heterocycles. The van der Waals surface area contributed by atoms with Crippen LogP contribution in [0.4, 0.5) is 13.2 Å². The van der Waals surface area contributed by atoms with Gasteiger partial charge in [0, 0.05) is 13.0 Å². The minimum Gasteiger partial charge on any atom is -0.409 e. The van der Waals surface area contributed by atoms with Crippen molar-refractivity contribution in [3.63, 3.8) is 0 Å². The van der Waals surface area contributed by atoms with Gasteiger partial charge >= 0.3 is 6.18 Å². The van der Waals surface area contributed by atoms with Crippen LogP contribution < -0.4 is 11.1 Å². The Morgan fingerprint density at radius 2 is 2.05 bits per heavy atom. The molecule has 0 aliphatic heterocycles. The average Bonchev–Trinajstić information content (AvgIpc) is 2.31. The van der Waals surface area contributed by atoms with E-state index in [1.165, 1.54) is 0 Å². The molecule has 0 bridgehead atoms. The quantitative estimate of drug-likeness (QED) is 0.230. The number of unbranched alkanes of at least 4 members (excludes halogenated alkanes) is 1. The molecule has 0 aromatic heterocycles. The van der Waals surface area contributed by atoms with Gasteiger partial charge in [-0.3, -0.25) is 4.79 Å². The highest BCUT2D eigenvalue weighted by molar-refractivity contribution is 6.07. The van der Waals surface area contributed by atoms with E-state index in [0.29, 0.717) is 18.8 Å². The van der Waals surface area contributed by atoms with Crippen LogP contribution >= 0.6 is 0 Å². The van der Waals surface area contributed by atoms with Crippen molar-refractivity contribution in [1.82, 2.24) is 5.32 Å². The Labute approximate surface area is 115 Å². The molecule has 0 aromatic rings. The van der Waals surface area contributed by atoms with Crippen molar-refractivity contribution in [2.24, 2.45) is 22.2 Å². The number of carbonyl (C=O) groups is 1. The Morgan fingerprint density at radius 3 is 2.50 bits per heavy atom. The van der Waals surface area contributed by atoms with Gasteiger partial charge in [0.15, 0.2) is 5.84 Å². The first-order valence-electron chi connectivity index (χ1n) is 6.54. The van der Waals surface area contributed by atoms with Crippen LogP contribution in [-0.4, -0.2) is 29.7 Å². The number of carbonyl (C=O) groups excluding carboxylic acids is 1. The molecule has 1 saturated carbocycles. The second kappa shape index (κ2) is 6.32. The summed E-state index contributed by atoms with van der Waals surface area (Å²) >= 11 is 0. The monoisotopic (exact) mass is 295 g/mol. The zero-order valence-corrected chi connectivity index (χ0v) is 11.3. The van der Waals surface area contributed by atoms with Crippen LogP contribution in [-0.2, 0) is 4.79 Å². The maximum atomic E-state index is 12.0. The number of alkyl halides is 3. The molecule has 20 heavy (non-hydrogen) atoms. The van der Waals surface area contributed by atoms with Crippen molar-refractivity contribution in [2.45, 2.75) is 45.2 Å². The number of amidine groups is 1. The first-order chi connectivity index (χ1) is 9.21. The molecule has 1 fully saturated rings. The summed E-state index contributed by atoms with van der Waals surface area (Å²) in [6.07, 6.45) is -3.84. The molecule has 0 saturated heterocycles. The van der Waals surface area contributed by atoms with Gasteiger partial charge in [-0.2, -0.15) is 13.2 Å². The lowest BCUT2D eigenvalue weighted by molar-refractivity contribution is -0.135. The summed E-state index contributed by atoms with van der Waals surface area (Å²) in [4.78, 5) is 12.0. The van der Waals surface area contributed by atoms with Crippen LogP contribution in [0.5, 0.6) is 0 Å². The minimum absolute atomic E-state index is 0.0310.